The summed E-state index contributed by atoms with van der Waals surface area (Å²) in [6.45, 7) is 4.47. The molecule has 2 rings (SSSR count). The lowest BCUT2D eigenvalue weighted by Gasteiger charge is -2.08. The number of benzene rings is 1. The molecule has 1 fully saturated rings. The van der Waals surface area contributed by atoms with Gasteiger partial charge >= 0.3 is 0 Å². The van der Waals surface area contributed by atoms with E-state index >= 15 is 0 Å². The number of hydrogen-bond donors (Lipinski definition) is 1. The van der Waals surface area contributed by atoms with Gasteiger partial charge in [-0.2, -0.15) is 0 Å². The van der Waals surface area contributed by atoms with E-state index in [0.717, 1.165) is 12.8 Å². The first-order valence-corrected chi connectivity index (χ1v) is 7.80. The van der Waals surface area contributed by atoms with Gasteiger partial charge in [-0.3, -0.25) is 0 Å². The van der Waals surface area contributed by atoms with Gasteiger partial charge in [0, 0.05) is 12.1 Å². The molecule has 4 nitrogen and oxygen atoms in total. The minimum absolute atomic E-state index is 0.107. The van der Waals surface area contributed by atoms with Crippen molar-refractivity contribution in [3.63, 3.8) is 0 Å². The quantitative estimate of drug-likeness (QED) is 0.861. The fourth-order valence-electron chi connectivity index (χ4n) is 2.01. The number of sulfonamides is 1. The summed E-state index contributed by atoms with van der Waals surface area (Å²) in [4.78, 5) is 0.273. The van der Waals surface area contributed by atoms with Crippen LogP contribution in [0.2, 0.25) is 0 Å². The van der Waals surface area contributed by atoms with Crippen molar-refractivity contribution in [2.75, 3.05) is 6.61 Å². The Kier molecular flexibility index (Phi) is 3.92. The van der Waals surface area contributed by atoms with Crippen LogP contribution in [0.4, 0.5) is 0 Å². The van der Waals surface area contributed by atoms with Crippen molar-refractivity contribution in [1.82, 2.24) is 4.72 Å². The van der Waals surface area contributed by atoms with E-state index in [1.54, 1.807) is 24.3 Å². The molecule has 18 heavy (non-hydrogen) atoms. The second kappa shape index (κ2) is 5.28. The second-order valence-corrected chi connectivity index (χ2v) is 6.25. The summed E-state index contributed by atoms with van der Waals surface area (Å²) >= 11 is 0. The van der Waals surface area contributed by atoms with Crippen LogP contribution in [-0.2, 0) is 10.0 Å². The van der Waals surface area contributed by atoms with Crippen LogP contribution in [0.3, 0.4) is 0 Å². The largest absolute Gasteiger partial charge is 0.494 e. The molecule has 0 unspecified atom stereocenters. The molecule has 1 aromatic carbocycles. The Balaban J connectivity index is 2.11. The molecule has 0 amide bonds. The van der Waals surface area contributed by atoms with Gasteiger partial charge in [0.25, 0.3) is 0 Å². The maximum Gasteiger partial charge on any atom is 0.240 e. The van der Waals surface area contributed by atoms with E-state index in [-0.39, 0.29) is 10.9 Å². The van der Waals surface area contributed by atoms with Crippen LogP contribution in [0.1, 0.15) is 26.7 Å². The third-order valence-electron chi connectivity index (χ3n) is 3.18. The summed E-state index contributed by atoms with van der Waals surface area (Å²) in [6.07, 6.45) is 1.97. The van der Waals surface area contributed by atoms with Crippen LogP contribution in [0.25, 0.3) is 0 Å². The van der Waals surface area contributed by atoms with Crippen molar-refractivity contribution in [1.29, 1.82) is 0 Å². The van der Waals surface area contributed by atoms with Gasteiger partial charge in [-0.25, -0.2) is 13.1 Å². The number of ether oxygens (including phenoxy) is 1. The van der Waals surface area contributed by atoms with Crippen molar-refractivity contribution in [3.8, 4) is 5.75 Å². The lowest BCUT2D eigenvalue weighted by atomic mass is 10.3. The lowest BCUT2D eigenvalue weighted by molar-refractivity contribution is 0.339. The SMILES string of the molecule is CCOc1cccc(S(=O)(=O)N[C@@H]2C[C@H]2CC)c1. The monoisotopic (exact) mass is 269 g/mol. The summed E-state index contributed by atoms with van der Waals surface area (Å²) in [7, 11) is -3.41. The fraction of sp³-hybridized carbons (Fsp3) is 0.538. The van der Waals surface area contributed by atoms with Gasteiger partial charge in [0.05, 0.1) is 11.5 Å². The summed E-state index contributed by atoms with van der Waals surface area (Å²) in [5, 5.41) is 0. The van der Waals surface area contributed by atoms with Gasteiger partial charge in [0.15, 0.2) is 0 Å². The number of hydrogen-bond acceptors (Lipinski definition) is 3. The molecule has 0 aromatic heterocycles. The Morgan fingerprint density at radius 3 is 2.78 bits per heavy atom. The van der Waals surface area contributed by atoms with E-state index in [4.69, 9.17) is 4.74 Å². The van der Waals surface area contributed by atoms with Crippen molar-refractivity contribution in [2.45, 2.75) is 37.6 Å². The Bertz CT molecular complexity index is 513. The van der Waals surface area contributed by atoms with Crippen LogP contribution in [-0.4, -0.2) is 21.1 Å². The lowest BCUT2D eigenvalue weighted by Crippen LogP contribution is -2.27. The molecule has 100 valence electrons. The molecule has 5 heteroatoms. The Morgan fingerprint density at radius 2 is 2.17 bits per heavy atom. The average molecular weight is 269 g/mol. The van der Waals surface area contributed by atoms with Gasteiger partial charge in [-0.1, -0.05) is 19.4 Å². The molecule has 0 spiro atoms. The first kappa shape index (κ1) is 13.4. The molecule has 2 atom stereocenters. The van der Waals surface area contributed by atoms with Crippen molar-refractivity contribution >= 4 is 10.0 Å². The minimum Gasteiger partial charge on any atom is -0.494 e. The Labute approximate surface area is 108 Å². The Morgan fingerprint density at radius 1 is 1.39 bits per heavy atom. The van der Waals surface area contributed by atoms with Gasteiger partial charge in [0.2, 0.25) is 10.0 Å². The highest BCUT2D eigenvalue weighted by Crippen LogP contribution is 2.34. The van der Waals surface area contributed by atoms with Gasteiger partial charge in [0.1, 0.15) is 5.75 Å². The van der Waals surface area contributed by atoms with E-state index in [9.17, 15) is 8.42 Å². The summed E-state index contributed by atoms with van der Waals surface area (Å²) in [5.41, 5.74) is 0. The highest BCUT2D eigenvalue weighted by molar-refractivity contribution is 7.89. The highest BCUT2D eigenvalue weighted by Gasteiger charge is 2.38. The first-order chi connectivity index (χ1) is 8.56. The predicted molar refractivity (Wildman–Crippen MR) is 70.1 cm³/mol. The van der Waals surface area contributed by atoms with Gasteiger partial charge in [-0.05, 0) is 31.4 Å². The second-order valence-electron chi connectivity index (χ2n) is 4.54. The topological polar surface area (TPSA) is 55.4 Å². The van der Waals surface area contributed by atoms with E-state index in [2.05, 4.69) is 11.6 Å². The van der Waals surface area contributed by atoms with Crippen LogP contribution in [0, 0.1) is 5.92 Å². The molecule has 0 bridgehead atoms. The average Bonchev–Trinajstić information content (AvgIpc) is 3.07. The van der Waals surface area contributed by atoms with Crippen molar-refractivity contribution in [2.24, 2.45) is 5.92 Å². The zero-order valence-electron chi connectivity index (χ0n) is 10.7. The molecule has 0 aliphatic heterocycles. The number of rotatable bonds is 6. The van der Waals surface area contributed by atoms with E-state index < -0.39 is 10.0 Å². The van der Waals surface area contributed by atoms with Gasteiger partial charge < -0.3 is 4.74 Å². The molecule has 1 aliphatic rings. The maximum atomic E-state index is 12.1. The van der Waals surface area contributed by atoms with Crippen LogP contribution < -0.4 is 9.46 Å². The summed E-state index contributed by atoms with van der Waals surface area (Å²) in [5.74, 6) is 1.08. The van der Waals surface area contributed by atoms with E-state index in [0.29, 0.717) is 18.3 Å². The van der Waals surface area contributed by atoms with Crippen molar-refractivity contribution < 1.29 is 13.2 Å². The maximum absolute atomic E-state index is 12.1. The minimum atomic E-state index is -3.41. The van der Waals surface area contributed by atoms with E-state index in [1.165, 1.54) is 0 Å². The fourth-order valence-corrected chi connectivity index (χ4v) is 3.36. The molecule has 1 aliphatic carbocycles. The summed E-state index contributed by atoms with van der Waals surface area (Å²) < 4.78 is 32.3. The normalized spacial score (nSPS) is 22.8. The predicted octanol–water partition coefficient (Wildman–Crippen LogP) is 2.16. The molecule has 1 N–H and O–H groups in total. The number of nitrogens with one attached hydrogen (secondary N) is 1. The summed E-state index contributed by atoms with van der Waals surface area (Å²) in [6, 6.07) is 6.72. The Hall–Kier alpha value is -1.07. The molecule has 0 saturated heterocycles. The molecule has 0 heterocycles. The zero-order chi connectivity index (χ0) is 13.2. The zero-order valence-corrected chi connectivity index (χ0v) is 11.5. The standard InChI is InChI=1S/C13H19NO3S/c1-3-10-8-13(10)14-18(15,16)12-7-5-6-11(9-12)17-4-2/h5-7,9-10,13-14H,3-4,8H2,1-2H3/t10-,13-/m1/s1. The smallest absolute Gasteiger partial charge is 0.240 e. The van der Waals surface area contributed by atoms with Gasteiger partial charge in [-0.15, -0.1) is 0 Å². The van der Waals surface area contributed by atoms with E-state index in [1.807, 2.05) is 6.92 Å². The highest BCUT2D eigenvalue weighted by atomic mass is 32.2. The third kappa shape index (κ3) is 3.03. The molecular formula is C13H19NO3S. The van der Waals surface area contributed by atoms with Crippen molar-refractivity contribution in [3.05, 3.63) is 24.3 Å². The molecule has 0 radical (unpaired) electrons. The van der Waals surface area contributed by atoms with Crippen LogP contribution in [0.5, 0.6) is 5.75 Å². The van der Waals surface area contributed by atoms with Crippen LogP contribution >= 0.6 is 0 Å². The molecular weight excluding hydrogens is 250 g/mol. The van der Waals surface area contributed by atoms with Crippen LogP contribution in [0.15, 0.2) is 29.2 Å². The molecule has 1 aromatic rings. The first-order valence-electron chi connectivity index (χ1n) is 6.32. The third-order valence-corrected chi connectivity index (χ3v) is 4.67. The molecule has 1 saturated carbocycles.